The molecule has 1 unspecified atom stereocenters. The number of methoxy groups -OCH3 is 1. The van der Waals surface area contributed by atoms with Crippen LogP contribution in [0.1, 0.15) is 18.1 Å². The van der Waals surface area contributed by atoms with Crippen LogP contribution < -0.4 is 14.4 Å². The zero-order valence-corrected chi connectivity index (χ0v) is 22.7. The van der Waals surface area contributed by atoms with Crippen molar-refractivity contribution in [2.24, 2.45) is 0 Å². The van der Waals surface area contributed by atoms with Gasteiger partial charge in [0.15, 0.2) is 0 Å². The van der Waals surface area contributed by atoms with Crippen molar-refractivity contribution in [2.75, 3.05) is 25.0 Å². The van der Waals surface area contributed by atoms with E-state index in [1.165, 1.54) is 31.2 Å². The van der Waals surface area contributed by atoms with Crippen LogP contribution in [0, 0.1) is 6.92 Å². The van der Waals surface area contributed by atoms with Crippen LogP contribution in [-0.2, 0) is 26.2 Å². The predicted octanol–water partition coefficient (Wildman–Crippen LogP) is 4.02. The lowest BCUT2D eigenvalue weighted by Gasteiger charge is -2.32. The first kappa shape index (κ1) is 28.0. The summed E-state index contributed by atoms with van der Waals surface area (Å²) in [6, 6.07) is 18.9. The van der Waals surface area contributed by atoms with Gasteiger partial charge in [-0.05, 0) is 61.9 Å². The van der Waals surface area contributed by atoms with Crippen molar-refractivity contribution in [2.45, 2.75) is 31.3 Å². The lowest BCUT2D eigenvalue weighted by atomic mass is 10.1. The number of ether oxygens (including phenoxy) is 1. The molecule has 8 nitrogen and oxygen atoms in total. The zero-order chi connectivity index (χ0) is 27.2. The van der Waals surface area contributed by atoms with E-state index >= 15 is 0 Å². The summed E-state index contributed by atoms with van der Waals surface area (Å²) in [7, 11) is -1.15. The molecule has 2 amide bonds. The van der Waals surface area contributed by atoms with Crippen LogP contribution in [0.15, 0.2) is 77.7 Å². The molecule has 0 aromatic heterocycles. The Morgan fingerprint density at radius 2 is 1.62 bits per heavy atom. The fourth-order valence-corrected chi connectivity index (χ4v) is 5.33. The Bertz CT molecular complexity index is 1350. The van der Waals surface area contributed by atoms with Crippen LogP contribution in [0.3, 0.4) is 0 Å². The van der Waals surface area contributed by atoms with Crippen LogP contribution in [-0.4, -0.2) is 51.9 Å². The first-order valence-electron chi connectivity index (χ1n) is 11.6. The quantitative estimate of drug-likeness (QED) is 0.417. The molecule has 0 heterocycles. The number of aryl methyl sites for hydroxylation is 1. The topological polar surface area (TPSA) is 96.0 Å². The van der Waals surface area contributed by atoms with Crippen LogP contribution in [0.4, 0.5) is 5.69 Å². The van der Waals surface area contributed by atoms with E-state index < -0.39 is 34.4 Å². The van der Waals surface area contributed by atoms with Crippen molar-refractivity contribution in [3.63, 3.8) is 0 Å². The Balaban J connectivity index is 2.04. The average molecular weight is 544 g/mol. The molecule has 196 valence electrons. The van der Waals surface area contributed by atoms with E-state index in [9.17, 15) is 18.0 Å². The van der Waals surface area contributed by atoms with Crippen molar-refractivity contribution in [3.05, 3.63) is 88.9 Å². The third-order valence-corrected chi connectivity index (χ3v) is 8.12. The van der Waals surface area contributed by atoms with Crippen molar-refractivity contribution < 1.29 is 22.7 Å². The first-order chi connectivity index (χ1) is 17.6. The van der Waals surface area contributed by atoms with Gasteiger partial charge in [0.2, 0.25) is 11.8 Å². The monoisotopic (exact) mass is 543 g/mol. The molecule has 3 aromatic rings. The molecule has 0 aliphatic rings. The summed E-state index contributed by atoms with van der Waals surface area (Å²) in [6.07, 6.45) is 0. The van der Waals surface area contributed by atoms with Gasteiger partial charge in [-0.3, -0.25) is 13.9 Å². The Morgan fingerprint density at radius 1 is 1.00 bits per heavy atom. The maximum atomic E-state index is 13.8. The molecule has 0 aliphatic carbocycles. The highest BCUT2D eigenvalue weighted by Crippen LogP contribution is 2.27. The molecule has 37 heavy (non-hydrogen) atoms. The maximum absolute atomic E-state index is 13.8. The molecule has 10 heteroatoms. The fraction of sp³-hybridized carbons (Fsp3) is 0.259. The third kappa shape index (κ3) is 6.61. The molecule has 0 saturated heterocycles. The number of anilines is 1. The van der Waals surface area contributed by atoms with Gasteiger partial charge in [0.1, 0.15) is 18.3 Å². The van der Waals surface area contributed by atoms with E-state index in [1.54, 1.807) is 67.6 Å². The number of halogens is 1. The molecule has 0 saturated carbocycles. The number of likely N-dealkylation sites (N-methyl/N-ethyl adjacent to an activating group) is 1. The summed E-state index contributed by atoms with van der Waals surface area (Å²) in [5.74, 6) is -0.420. The number of nitrogens with one attached hydrogen (secondary N) is 1. The number of sulfonamides is 1. The zero-order valence-electron chi connectivity index (χ0n) is 21.1. The highest BCUT2D eigenvalue weighted by atomic mass is 35.5. The predicted molar refractivity (Wildman–Crippen MR) is 144 cm³/mol. The van der Waals surface area contributed by atoms with Crippen LogP contribution >= 0.6 is 11.6 Å². The highest BCUT2D eigenvalue weighted by Gasteiger charge is 2.32. The van der Waals surface area contributed by atoms with E-state index in [1.807, 2.05) is 6.92 Å². The molecular formula is C27H30ClN3O5S. The minimum Gasteiger partial charge on any atom is -0.497 e. The second kappa shape index (κ2) is 12.1. The first-order valence-corrected chi connectivity index (χ1v) is 13.4. The number of nitrogens with zero attached hydrogens (tertiary/aromatic N) is 2. The SMILES string of the molecule is CNC(=O)C(C)N(Cc1ccccc1Cl)C(=O)CN(c1ccc(OC)cc1)S(=O)(=O)c1ccc(C)cc1. The fourth-order valence-electron chi connectivity index (χ4n) is 3.72. The van der Waals surface area contributed by atoms with Gasteiger partial charge in [0.25, 0.3) is 10.0 Å². The number of benzene rings is 3. The van der Waals surface area contributed by atoms with Crippen molar-refractivity contribution in [1.29, 1.82) is 0 Å². The molecule has 3 rings (SSSR count). The van der Waals surface area contributed by atoms with Gasteiger partial charge in [0, 0.05) is 18.6 Å². The second-order valence-corrected chi connectivity index (χ2v) is 10.7. The Labute approximate surface area is 222 Å². The highest BCUT2D eigenvalue weighted by molar-refractivity contribution is 7.92. The number of rotatable bonds is 10. The van der Waals surface area contributed by atoms with Crippen molar-refractivity contribution in [3.8, 4) is 5.75 Å². The molecule has 0 bridgehead atoms. The summed E-state index contributed by atoms with van der Waals surface area (Å²) in [6.45, 7) is 2.93. The van der Waals surface area contributed by atoms with Crippen LogP contribution in [0.5, 0.6) is 5.75 Å². The normalized spacial score (nSPS) is 11.9. The van der Waals surface area contributed by atoms with Crippen molar-refractivity contribution in [1.82, 2.24) is 10.2 Å². The minimum absolute atomic E-state index is 0.0219. The van der Waals surface area contributed by atoms with Gasteiger partial charge in [0.05, 0.1) is 17.7 Å². The van der Waals surface area contributed by atoms with E-state index in [4.69, 9.17) is 16.3 Å². The summed E-state index contributed by atoms with van der Waals surface area (Å²) >= 11 is 6.33. The lowest BCUT2D eigenvalue weighted by Crippen LogP contribution is -2.50. The summed E-state index contributed by atoms with van der Waals surface area (Å²) in [5.41, 5.74) is 1.81. The third-order valence-electron chi connectivity index (χ3n) is 5.96. The van der Waals surface area contributed by atoms with E-state index in [2.05, 4.69) is 5.32 Å². The van der Waals surface area contributed by atoms with Crippen LogP contribution in [0.25, 0.3) is 0 Å². The summed E-state index contributed by atoms with van der Waals surface area (Å²) in [4.78, 5) is 27.6. The molecular weight excluding hydrogens is 514 g/mol. The molecule has 3 aromatic carbocycles. The Kier molecular flexibility index (Phi) is 9.18. The summed E-state index contributed by atoms with van der Waals surface area (Å²) in [5, 5.41) is 2.98. The standard InChI is InChI=1S/C27H30ClN3O5S/c1-19-9-15-24(16-10-19)37(34,35)31(22-11-13-23(36-4)14-12-22)18-26(32)30(20(2)27(33)29-3)17-21-7-5-6-8-25(21)28/h5-16,20H,17-18H2,1-4H3,(H,29,33). The van der Waals surface area contributed by atoms with Gasteiger partial charge in [-0.2, -0.15) is 0 Å². The van der Waals surface area contributed by atoms with Crippen molar-refractivity contribution >= 4 is 39.1 Å². The average Bonchev–Trinajstić information content (AvgIpc) is 2.90. The largest absolute Gasteiger partial charge is 0.497 e. The lowest BCUT2D eigenvalue weighted by molar-refractivity contribution is -0.139. The number of carbonyl (C=O) groups excluding carboxylic acids is 2. The molecule has 1 atom stereocenters. The van der Waals surface area contributed by atoms with Gasteiger partial charge in [-0.25, -0.2) is 8.42 Å². The van der Waals surface area contributed by atoms with Gasteiger partial charge < -0.3 is 15.0 Å². The second-order valence-electron chi connectivity index (χ2n) is 8.43. The minimum atomic E-state index is -4.13. The number of hydrogen-bond acceptors (Lipinski definition) is 5. The number of amides is 2. The molecule has 0 spiro atoms. The van der Waals surface area contributed by atoms with Crippen LogP contribution in [0.2, 0.25) is 5.02 Å². The van der Waals surface area contributed by atoms with Gasteiger partial charge in [-0.1, -0.05) is 47.5 Å². The molecule has 0 radical (unpaired) electrons. The van der Waals surface area contributed by atoms with Gasteiger partial charge in [-0.15, -0.1) is 0 Å². The Hall–Kier alpha value is -3.56. The summed E-state index contributed by atoms with van der Waals surface area (Å²) < 4.78 is 33.7. The Morgan fingerprint density at radius 3 is 2.19 bits per heavy atom. The van der Waals surface area contributed by atoms with Gasteiger partial charge >= 0.3 is 0 Å². The molecule has 0 fully saturated rings. The molecule has 0 aliphatic heterocycles. The van der Waals surface area contributed by atoms with E-state index in [0.29, 0.717) is 16.3 Å². The maximum Gasteiger partial charge on any atom is 0.264 e. The van der Waals surface area contributed by atoms with E-state index in [-0.39, 0.29) is 17.1 Å². The van der Waals surface area contributed by atoms with E-state index in [0.717, 1.165) is 9.87 Å². The smallest absolute Gasteiger partial charge is 0.264 e. The number of carbonyl (C=O) groups is 2. The number of hydrogen-bond donors (Lipinski definition) is 1. The molecule has 1 N–H and O–H groups in total.